The van der Waals surface area contributed by atoms with Gasteiger partial charge in [-0.05, 0) is 37.1 Å². The van der Waals surface area contributed by atoms with Crippen molar-refractivity contribution in [1.29, 1.82) is 0 Å². The predicted octanol–water partition coefficient (Wildman–Crippen LogP) is 3.37. The molecule has 0 atom stereocenters. The molecule has 3 rings (SSSR count). The van der Waals surface area contributed by atoms with Gasteiger partial charge in [0.15, 0.2) is 12.4 Å². The summed E-state index contributed by atoms with van der Waals surface area (Å²) in [6.45, 7) is 0.683. The summed E-state index contributed by atoms with van der Waals surface area (Å²) in [4.78, 5) is 18.5. The summed E-state index contributed by atoms with van der Waals surface area (Å²) in [5.74, 6) is 1.50. The van der Waals surface area contributed by atoms with Crippen LogP contribution in [0.4, 0.5) is 4.39 Å². The quantitative estimate of drug-likeness (QED) is 0.756. The second-order valence-corrected chi connectivity index (χ2v) is 6.69. The van der Waals surface area contributed by atoms with Crippen molar-refractivity contribution in [2.45, 2.75) is 45.1 Å². The van der Waals surface area contributed by atoms with Crippen molar-refractivity contribution in [2.24, 2.45) is 5.92 Å². The van der Waals surface area contributed by atoms with E-state index in [4.69, 9.17) is 9.26 Å². The predicted molar refractivity (Wildman–Crippen MR) is 92.9 cm³/mol. The van der Waals surface area contributed by atoms with Gasteiger partial charge in [0.1, 0.15) is 11.6 Å². The molecule has 1 aromatic heterocycles. The molecule has 0 aliphatic heterocycles. The van der Waals surface area contributed by atoms with Crippen molar-refractivity contribution in [2.75, 3.05) is 13.6 Å². The van der Waals surface area contributed by atoms with Crippen LogP contribution in [0.3, 0.4) is 0 Å². The van der Waals surface area contributed by atoms with Crippen molar-refractivity contribution >= 4 is 5.91 Å². The van der Waals surface area contributed by atoms with E-state index in [1.54, 1.807) is 17.0 Å². The highest BCUT2D eigenvalue weighted by molar-refractivity contribution is 5.78. The number of hydrogen-bond donors (Lipinski definition) is 0. The third-order valence-electron chi connectivity index (χ3n) is 4.69. The third-order valence-corrected chi connectivity index (χ3v) is 4.69. The summed E-state index contributed by atoms with van der Waals surface area (Å²) < 4.78 is 23.5. The number of carbonyl (C=O) groups excluding carboxylic acids is 1. The van der Waals surface area contributed by atoms with Crippen LogP contribution in [0.2, 0.25) is 0 Å². The molecule has 1 aromatic carbocycles. The smallest absolute Gasteiger partial charge is 0.264 e. The first-order valence-electron chi connectivity index (χ1n) is 9.06. The number of hydrogen-bond acceptors (Lipinski definition) is 5. The molecule has 1 aliphatic rings. The molecular weight excluding hydrogens is 337 g/mol. The van der Waals surface area contributed by atoms with E-state index in [1.807, 2.05) is 7.05 Å². The minimum absolute atomic E-state index is 0.121. The zero-order valence-corrected chi connectivity index (χ0v) is 15.0. The van der Waals surface area contributed by atoms with Crippen LogP contribution in [0.5, 0.6) is 5.75 Å². The Labute approximate surface area is 152 Å². The van der Waals surface area contributed by atoms with Gasteiger partial charge in [0.05, 0.1) is 0 Å². The van der Waals surface area contributed by atoms with Gasteiger partial charge < -0.3 is 14.2 Å². The number of amides is 1. The lowest BCUT2D eigenvalue weighted by Gasteiger charge is -2.26. The lowest BCUT2D eigenvalue weighted by molar-refractivity contribution is -0.135. The van der Waals surface area contributed by atoms with E-state index in [0.717, 1.165) is 25.7 Å². The lowest BCUT2D eigenvalue weighted by atomic mass is 9.88. The molecule has 2 aromatic rings. The Balaban J connectivity index is 1.44. The fourth-order valence-corrected chi connectivity index (χ4v) is 3.17. The summed E-state index contributed by atoms with van der Waals surface area (Å²) in [5.41, 5.74) is 0. The Morgan fingerprint density at radius 3 is 2.73 bits per heavy atom. The Bertz CT molecular complexity index is 711. The summed E-state index contributed by atoms with van der Waals surface area (Å²) in [6, 6.07) is 5.73. The van der Waals surface area contributed by atoms with Crippen LogP contribution < -0.4 is 4.74 Å². The number of benzene rings is 1. The van der Waals surface area contributed by atoms with Crippen LogP contribution in [-0.2, 0) is 17.8 Å². The molecule has 1 saturated carbocycles. The van der Waals surface area contributed by atoms with E-state index in [0.29, 0.717) is 30.4 Å². The van der Waals surface area contributed by atoms with Crippen molar-refractivity contribution in [1.82, 2.24) is 15.0 Å². The van der Waals surface area contributed by atoms with E-state index >= 15 is 0 Å². The molecule has 26 heavy (non-hydrogen) atoms. The maximum absolute atomic E-state index is 12.9. The van der Waals surface area contributed by atoms with Crippen LogP contribution in [-0.4, -0.2) is 34.5 Å². The summed E-state index contributed by atoms with van der Waals surface area (Å²) in [7, 11) is 1.83. The zero-order valence-electron chi connectivity index (χ0n) is 15.0. The highest BCUT2D eigenvalue weighted by Crippen LogP contribution is 2.25. The standard InChI is InChI=1S/C19H24FN3O3/c1-23(19(24)14-5-3-2-4-6-14)12-11-17-21-18(26-22-17)13-25-16-9-7-15(20)8-10-16/h7-10,14H,2-6,11-13H2,1H3. The van der Waals surface area contributed by atoms with Gasteiger partial charge in [0.25, 0.3) is 5.89 Å². The van der Waals surface area contributed by atoms with Crippen molar-refractivity contribution < 1.29 is 18.4 Å². The number of likely N-dealkylation sites (N-methyl/N-ethyl adjacent to an activating group) is 1. The number of aromatic nitrogens is 2. The maximum atomic E-state index is 12.9. The fourth-order valence-electron chi connectivity index (χ4n) is 3.17. The van der Waals surface area contributed by atoms with Crippen LogP contribution in [0.15, 0.2) is 28.8 Å². The average molecular weight is 361 g/mol. The summed E-state index contributed by atoms with van der Waals surface area (Å²) in [6.07, 6.45) is 6.06. The summed E-state index contributed by atoms with van der Waals surface area (Å²) >= 11 is 0. The van der Waals surface area contributed by atoms with Crippen molar-refractivity contribution in [3.05, 3.63) is 41.8 Å². The lowest BCUT2D eigenvalue weighted by Crippen LogP contribution is -2.35. The second kappa shape index (κ2) is 8.78. The molecule has 0 unspecified atom stereocenters. The monoisotopic (exact) mass is 361 g/mol. The summed E-state index contributed by atoms with van der Waals surface area (Å²) in [5, 5.41) is 3.92. The molecule has 1 heterocycles. The average Bonchev–Trinajstić information content (AvgIpc) is 3.13. The normalized spacial score (nSPS) is 15.0. The van der Waals surface area contributed by atoms with Crippen LogP contribution in [0, 0.1) is 11.7 Å². The van der Waals surface area contributed by atoms with E-state index < -0.39 is 0 Å². The van der Waals surface area contributed by atoms with E-state index in [1.165, 1.54) is 18.6 Å². The molecule has 7 heteroatoms. The first-order chi connectivity index (χ1) is 12.6. The molecule has 6 nitrogen and oxygen atoms in total. The number of rotatable bonds is 7. The molecule has 140 valence electrons. The van der Waals surface area contributed by atoms with Gasteiger partial charge in [-0.25, -0.2) is 4.39 Å². The SMILES string of the molecule is CN(CCc1noc(COc2ccc(F)cc2)n1)C(=O)C1CCCCC1. The van der Waals surface area contributed by atoms with Gasteiger partial charge in [-0.2, -0.15) is 4.98 Å². The number of halogens is 1. The first-order valence-corrected chi connectivity index (χ1v) is 9.06. The Kier molecular flexibility index (Phi) is 6.20. The number of nitrogens with zero attached hydrogens (tertiary/aromatic N) is 3. The number of carbonyl (C=O) groups is 1. The van der Waals surface area contributed by atoms with Gasteiger partial charge in [-0.15, -0.1) is 0 Å². The van der Waals surface area contributed by atoms with Crippen molar-refractivity contribution in [3.63, 3.8) is 0 Å². The zero-order chi connectivity index (χ0) is 18.4. The van der Waals surface area contributed by atoms with Gasteiger partial charge >= 0.3 is 0 Å². The molecule has 0 saturated heterocycles. The van der Waals surface area contributed by atoms with Crippen molar-refractivity contribution in [3.8, 4) is 5.75 Å². The Hall–Kier alpha value is -2.44. The molecule has 0 radical (unpaired) electrons. The molecule has 1 fully saturated rings. The van der Waals surface area contributed by atoms with Gasteiger partial charge in [0, 0.05) is 25.9 Å². The van der Waals surface area contributed by atoms with Crippen LogP contribution >= 0.6 is 0 Å². The molecule has 0 spiro atoms. The first kappa shape index (κ1) is 18.4. The largest absolute Gasteiger partial charge is 0.484 e. The van der Waals surface area contributed by atoms with E-state index in [-0.39, 0.29) is 24.2 Å². The topological polar surface area (TPSA) is 68.5 Å². The molecular formula is C19H24FN3O3. The Morgan fingerprint density at radius 1 is 1.27 bits per heavy atom. The van der Waals surface area contributed by atoms with E-state index in [9.17, 15) is 9.18 Å². The van der Waals surface area contributed by atoms with Gasteiger partial charge in [-0.3, -0.25) is 4.79 Å². The molecule has 0 N–H and O–H groups in total. The third kappa shape index (κ3) is 5.03. The minimum Gasteiger partial charge on any atom is -0.484 e. The van der Waals surface area contributed by atoms with Crippen LogP contribution in [0.25, 0.3) is 0 Å². The number of ether oxygens (including phenoxy) is 1. The fraction of sp³-hybridized carbons (Fsp3) is 0.526. The van der Waals surface area contributed by atoms with Crippen LogP contribution in [0.1, 0.15) is 43.8 Å². The van der Waals surface area contributed by atoms with Gasteiger partial charge in [-0.1, -0.05) is 24.4 Å². The molecule has 1 amide bonds. The second-order valence-electron chi connectivity index (χ2n) is 6.69. The maximum Gasteiger partial charge on any atom is 0.264 e. The Morgan fingerprint density at radius 2 is 2.00 bits per heavy atom. The molecule has 0 bridgehead atoms. The molecule has 1 aliphatic carbocycles. The van der Waals surface area contributed by atoms with E-state index in [2.05, 4.69) is 10.1 Å². The minimum atomic E-state index is -0.315. The highest BCUT2D eigenvalue weighted by atomic mass is 19.1. The van der Waals surface area contributed by atoms with Gasteiger partial charge in [0.2, 0.25) is 5.91 Å². The highest BCUT2D eigenvalue weighted by Gasteiger charge is 2.24.